The van der Waals surface area contributed by atoms with E-state index < -0.39 is 20.3 Å². The first-order valence-electron chi connectivity index (χ1n) is 1.56. The third-order valence-corrected chi connectivity index (χ3v) is 0.741. The Morgan fingerprint density at radius 2 is 1.45 bits per heavy atom. The van der Waals surface area contributed by atoms with Gasteiger partial charge in [0.25, 0.3) is 0 Å². The summed E-state index contributed by atoms with van der Waals surface area (Å²) in [5.41, 5.74) is 0. The SMILES string of the molecule is O=[N+]([O-])NS(F)(F)(F)(F)F.[K]. The molecule has 0 aromatic carbocycles. The summed E-state index contributed by atoms with van der Waals surface area (Å²) < 4.78 is 54.6. The van der Waals surface area contributed by atoms with Crippen LogP contribution >= 0.6 is 10.4 Å². The van der Waals surface area contributed by atoms with Gasteiger partial charge in [-0.3, -0.25) is 0 Å². The smallest absolute Gasteiger partial charge is 0.234 e. The van der Waals surface area contributed by atoms with E-state index in [2.05, 4.69) is 0 Å². The maximum atomic E-state index is 10.9. The van der Waals surface area contributed by atoms with Gasteiger partial charge in [-0.05, 0) is 0 Å². The van der Waals surface area contributed by atoms with Crippen molar-refractivity contribution in [3.05, 3.63) is 10.1 Å². The van der Waals surface area contributed by atoms with Crippen LogP contribution in [0.5, 0.6) is 0 Å². The number of rotatable bonds is 2. The maximum Gasteiger partial charge on any atom is 0.409 e. The molecular weight excluding hydrogens is 226 g/mol. The van der Waals surface area contributed by atoms with Gasteiger partial charge in [-0.2, -0.15) is 0 Å². The van der Waals surface area contributed by atoms with Crippen molar-refractivity contribution in [3.8, 4) is 0 Å². The summed E-state index contributed by atoms with van der Waals surface area (Å²) in [4.78, 5) is 7.99. The number of hydrogen-bond donors (Lipinski definition) is 1. The van der Waals surface area contributed by atoms with Crippen molar-refractivity contribution in [1.82, 2.24) is 4.83 Å². The van der Waals surface area contributed by atoms with Gasteiger partial charge in [0, 0.05) is 56.2 Å². The first kappa shape index (κ1) is 14.4. The zero-order valence-electron chi connectivity index (χ0n) is 5.06. The minimum Gasteiger partial charge on any atom is -0.234 e. The van der Waals surface area contributed by atoms with E-state index in [9.17, 15) is 19.4 Å². The molecule has 11 heavy (non-hydrogen) atoms. The van der Waals surface area contributed by atoms with Gasteiger partial charge in [0.15, 0.2) is 5.03 Å². The second-order valence-electron chi connectivity index (χ2n) is 1.32. The summed E-state index contributed by atoms with van der Waals surface area (Å²) in [5.74, 6) is 0. The van der Waals surface area contributed by atoms with E-state index >= 15 is 0 Å². The topological polar surface area (TPSA) is 55.2 Å². The van der Waals surface area contributed by atoms with Crippen molar-refractivity contribution in [2.45, 2.75) is 0 Å². The minimum absolute atomic E-state index is 0. The van der Waals surface area contributed by atoms with E-state index in [1.165, 1.54) is 0 Å². The summed E-state index contributed by atoms with van der Waals surface area (Å²) in [6, 6.07) is 0. The van der Waals surface area contributed by atoms with Crippen molar-refractivity contribution in [3.63, 3.8) is 0 Å². The van der Waals surface area contributed by atoms with Gasteiger partial charge >= 0.3 is 10.4 Å². The van der Waals surface area contributed by atoms with E-state index in [-0.39, 0.29) is 51.4 Å². The van der Waals surface area contributed by atoms with Crippen LogP contribution in [0.1, 0.15) is 0 Å². The normalized spacial score (nSPS) is 17.2. The average molecular weight is 227 g/mol. The van der Waals surface area contributed by atoms with Crippen molar-refractivity contribution in [2.75, 3.05) is 0 Å². The van der Waals surface area contributed by atoms with Crippen LogP contribution in [-0.4, -0.2) is 56.4 Å². The van der Waals surface area contributed by atoms with Crippen LogP contribution in [-0.2, 0) is 0 Å². The van der Waals surface area contributed by atoms with Crippen molar-refractivity contribution >= 4 is 61.8 Å². The van der Waals surface area contributed by atoms with Crippen LogP contribution in [0.3, 0.4) is 0 Å². The molecule has 0 aliphatic heterocycles. The second kappa shape index (κ2) is 2.66. The molecule has 11 heteroatoms. The molecule has 4 nitrogen and oxygen atoms in total. The Morgan fingerprint density at radius 3 is 1.45 bits per heavy atom. The Hall–Kier alpha value is 0.836. The Bertz CT molecular complexity index is 170. The van der Waals surface area contributed by atoms with E-state index in [4.69, 9.17) is 10.1 Å². The third kappa shape index (κ3) is 13.8. The number of nitro groups is 1. The molecule has 0 amide bonds. The first-order chi connectivity index (χ1) is 3.89. The van der Waals surface area contributed by atoms with Gasteiger partial charge < -0.3 is 0 Å². The van der Waals surface area contributed by atoms with Gasteiger partial charge in [-0.1, -0.05) is 19.4 Å². The fourth-order valence-corrected chi connectivity index (χ4v) is 0.423. The minimum atomic E-state index is -10.1. The predicted octanol–water partition coefficient (Wildman–Crippen LogP) is 1.60. The number of nitrogens with one attached hydrogen (secondary N) is 1. The molecule has 65 valence electrons. The van der Waals surface area contributed by atoms with Crippen LogP contribution in [0.4, 0.5) is 19.4 Å². The molecular formula is HF5KN2O2S. The standard InChI is InChI=1S/F5HN2O2S.K/c1-10(2,3,4,5)6-7(8)9;/h6H;. The summed E-state index contributed by atoms with van der Waals surface area (Å²) in [7, 11) is -10.1. The number of nitrogens with zero attached hydrogens (tertiary/aromatic N) is 1. The van der Waals surface area contributed by atoms with Crippen LogP contribution in [0.2, 0.25) is 0 Å². The molecule has 0 saturated heterocycles. The van der Waals surface area contributed by atoms with Gasteiger partial charge in [-0.25, -0.2) is 10.1 Å². The van der Waals surface area contributed by atoms with E-state index in [1.54, 1.807) is 0 Å². The Kier molecular flexibility index (Phi) is 3.48. The summed E-state index contributed by atoms with van der Waals surface area (Å²) >= 11 is 0. The van der Waals surface area contributed by atoms with Crippen molar-refractivity contribution < 1.29 is 24.5 Å². The van der Waals surface area contributed by atoms with Crippen LogP contribution in [0, 0.1) is 10.1 Å². The maximum absolute atomic E-state index is 10.9. The third-order valence-electron chi connectivity index (χ3n) is 0.247. The van der Waals surface area contributed by atoms with Gasteiger partial charge in [0.2, 0.25) is 0 Å². The quantitative estimate of drug-likeness (QED) is 0.337. The molecule has 0 aliphatic carbocycles. The molecule has 0 saturated carbocycles. The Labute approximate surface area is 99.9 Å². The molecule has 0 aromatic heterocycles. The number of hydrogen-bond acceptors (Lipinski definition) is 2. The average Bonchev–Trinajstić information content (AvgIpc) is 1.12. The molecule has 0 atom stereocenters. The summed E-state index contributed by atoms with van der Waals surface area (Å²) in [6.07, 6.45) is 0. The zero-order chi connectivity index (χ0) is 8.69. The second-order valence-corrected chi connectivity index (χ2v) is 3.44. The molecule has 0 spiro atoms. The van der Waals surface area contributed by atoms with Crippen LogP contribution in [0.15, 0.2) is 0 Å². The number of halogens is 5. The first-order valence-corrected chi connectivity index (χ1v) is 3.52. The predicted molar refractivity (Wildman–Crippen MR) is 29.0 cm³/mol. The van der Waals surface area contributed by atoms with E-state index in [1.807, 2.05) is 0 Å². The van der Waals surface area contributed by atoms with Crippen LogP contribution in [0.25, 0.3) is 0 Å². The molecule has 0 unspecified atom stereocenters. The Balaban J connectivity index is 0. The molecule has 0 fully saturated rings. The van der Waals surface area contributed by atoms with Crippen molar-refractivity contribution in [1.29, 1.82) is 0 Å². The largest absolute Gasteiger partial charge is 0.409 e. The molecule has 1 N–H and O–H groups in total. The fourth-order valence-electron chi connectivity index (χ4n) is 0.141. The zero-order valence-corrected chi connectivity index (χ0v) is 9.00. The molecule has 1 radical (unpaired) electrons. The summed E-state index contributed by atoms with van der Waals surface area (Å²) in [5, 5.41) is 6.60. The van der Waals surface area contributed by atoms with Crippen LogP contribution < -0.4 is 4.83 Å². The molecule has 0 aromatic rings. The van der Waals surface area contributed by atoms with Gasteiger partial charge in [0.05, 0.1) is 0 Å². The fraction of sp³-hybridized carbons (Fsp3) is 0. The summed E-state index contributed by atoms with van der Waals surface area (Å²) in [6.45, 7) is 0. The number of hydrazine groups is 1. The molecule has 0 bridgehead atoms. The monoisotopic (exact) mass is 227 g/mol. The molecule has 0 aliphatic rings. The van der Waals surface area contributed by atoms with Crippen molar-refractivity contribution in [2.24, 2.45) is 0 Å². The van der Waals surface area contributed by atoms with E-state index in [0.29, 0.717) is 0 Å². The Morgan fingerprint density at radius 1 is 1.18 bits per heavy atom. The van der Waals surface area contributed by atoms with Gasteiger partial charge in [0.1, 0.15) is 0 Å². The molecule has 0 rings (SSSR count). The molecule has 0 heterocycles. The van der Waals surface area contributed by atoms with Gasteiger partial charge in [-0.15, -0.1) is 0 Å². The van der Waals surface area contributed by atoms with E-state index in [0.717, 1.165) is 0 Å².